The highest BCUT2D eigenvalue weighted by atomic mass is 16.4. The Balaban J connectivity index is 2.04. The molecule has 1 aliphatic heterocycles. The molecule has 1 heterocycles. The number of aromatic carboxylic acids is 1. The lowest BCUT2D eigenvalue weighted by atomic mass is 9.90. The second-order valence-electron chi connectivity index (χ2n) is 6.89. The Bertz CT molecular complexity index is 546. The van der Waals surface area contributed by atoms with Gasteiger partial charge in [-0.1, -0.05) is 12.1 Å². The van der Waals surface area contributed by atoms with E-state index in [0.29, 0.717) is 12.1 Å². The minimum Gasteiger partial charge on any atom is -0.478 e. The fourth-order valence-electron chi connectivity index (χ4n) is 2.73. The summed E-state index contributed by atoms with van der Waals surface area (Å²) >= 11 is 0. The number of nitrogens with one attached hydrogen (secondary N) is 1. The van der Waals surface area contributed by atoms with Crippen LogP contribution in [0.25, 0.3) is 0 Å². The van der Waals surface area contributed by atoms with Crippen molar-refractivity contribution in [3.05, 3.63) is 35.4 Å². The summed E-state index contributed by atoms with van der Waals surface area (Å²) in [4.78, 5) is 25.0. The molecule has 2 amide bonds. The highest BCUT2D eigenvalue weighted by molar-refractivity contribution is 5.87. The van der Waals surface area contributed by atoms with E-state index in [1.54, 1.807) is 12.1 Å². The SMILES string of the molecule is CC(C)(C)NC(=O)N1CCCC(c2ccc(C(=O)O)cc2)C1. The van der Waals surface area contributed by atoms with Crippen LogP contribution in [0.2, 0.25) is 0 Å². The van der Waals surface area contributed by atoms with Gasteiger partial charge in [-0.05, 0) is 51.3 Å². The van der Waals surface area contributed by atoms with Gasteiger partial charge in [-0.25, -0.2) is 9.59 Å². The molecule has 1 aromatic carbocycles. The number of piperidine rings is 1. The molecule has 0 aliphatic carbocycles. The first-order valence-corrected chi connectivity index (χ1v) is 7.66. The van der Waals surface area contributed by atoms with Crippen LogP contribution >= 0.6 is 0 Å². The Labute approximate surface area is 131 Å². The van der Waals surface area contributed by atoms with Crippen molar-refractivity contribution in [3.63, 3.8) is 0 Å². The number of likely N-dealkylation sites (tertiary alicyclic amines) is 1. The molecular weight excluding hydrogens is 280 g/mol. The van der Waals surface area contributed by atoms with E-state index in [9.17, 15) is 9.59 Å². The summed E-state index contributed by atoms with van der Waals surface area (Å²) in [7, 11) is 0. The van der Waals surface area contributed by atoms with Gasteiger partial charge < -0.3 is 15.3 Å². The predicted octanol–water partition coefficient (Wildman–Crippen LogP) is 3.07. The van der Waals surface area contributed by atoms with E-state index in [1.807, 2.05) is 37.8 Å². The van der Waals surface area contributed by atoms with Gasteiger partial charge in [0.15, 0.2) is 0 Å². The lowest BCUT2D eigenvalue weighted by molar-refractivity contribution is 0.0697. The van der Waals surface area contributed by atoms with Crippen LogP contribution in [-0.2, 0) is 0 Å². The van der Waals surface area contributed by atoms with Crippen molar-refractivity contribution in [1.29, 1.82) is 0 Å². The normalized spacial score (nSPS) is 18.9. The molecule has 1 atom stereocenters. The number of hydrogen-bond donors (Lipinski definition) is 2. The number of rotatable bonds is 2. The maximum Gasteiger partial charge on any atom is 0.335 e. The highest BCUT2D eigenvalue weighted by Crippen LogP contribution is 2.27. The maximum absolute atomic E-state index is 12.3. The van der Waals surface area contributed by atoms with Crippen LogP contribution in [0.4, 0.5) is 4.79 Å². The Kier molecular flexibility index (Phi) is 4.74. The highest BCUT2D eigenvalue weighted by Gasteiger charge is 2.26. The molecule has 2 rings (SSSR count). The summed E-state index contributed by atoms with van der Waals surface area (Å²) in [5, 5.41) is 11.9. The third kappa shape index (κ3) is 4.23. The molecule has 0 bridgehead atoms. The summed E-state index contributed by atoms with van der Waals surface area (Å²) in [6.45, 7) is 7.35. The lowest BCUT2D eigenvalue weighted by Gasteiger charge is -2.35. The van der Waals surface area contributed by atoms with Crippen molar-refractivity contribution in [2.24, 2.45) is 0 Å². The van der Waals surface area contributed by atoms with Gasteiger partial charge in [-0.3, -0.25) is 0 Å². The number of urea groups is 1. The number of nitrogens with zero attached hydrogens (tertiary/aromatic N) is 1. The molecular formula is C17H24N2O3. The zero-order valence-corrected chi connectivity index (χ0v) is 13.4. The molecule has 1 aliphatic rings. The third-order valence-corrected chi connectivity index (χ3v) is 3.82. The van der Waals surface area contributed by atoms with E-state index in [2.05, 4.69) is 5.32 Å². The second-order valence-corrected chi connectivity index (χ2v) is 6.89. The molecule has 2 N–H and O–H groups in total. The van der Waals surface area contributed by atoms with Crippen LogP contribution in [0, 0.1) is 0 Å². The van der Waals surface area contributed by atoms with Gasteiger partial charge in [0.05, 0.1) is 5.56 Å². The molecule has 0 radical (unpaired) electrons. The Morgan fingerprint density at radius 3 is 2.41 bits per heavy atom. The summed E-state index contributed by atoms with van der Waals surface area (Å²) in [6.07, 6.45) is 1.98. The van der Waals surface area contributed by atoms with Gasteiger partial charge >= 0.3 is 12.0 Å². The standard InChI is InChI=1S/C17H24N2O3/c1-17(2,3)18-16(22)19-10-4-5-14(11-19)12-6-8-13(9-7-12)15(20)21/h6-9,14H,4-5,10-11H2,1-3H3,(H,18,22)(H,20,21). The minimum absolute atomic E-state index is 0.0284. The number of amides is 2. The van der Waals surface area contributed by atoms with Crippen LogP contribution in [0.5, 0.6) is 0 Å². The minimum atomic E-state index is -0.915. The third-order valence-electron chi connectivity index (χ3n) is 3.82. The second kappa shape index (κ2) is 6.38. The summed E-state index contributed by atoms with van der Waals surface area (Å²) in [5.74, 6) is -0.649. The van der Waals surface area contributed by atoms with Gasteiger partial charge in [0.25, 0.3) is 0 Å². The fourth-order valence-corrected chi connectivity index (χ4v) is 2.73. The Morgan fingerprint density at radius 2 is 1.86 bits per heavy atom. The van der Waals surface area contributed by atoms with E-state index in [0.717, 1.165) is 24.9 Å². The molecule has 0 saturated carbocycles. The van der Waals surface area contributed by atoms with Gasteiger partial charge in [-0.2, -0.15) is 0 Å². The van der Waals surface area contributed by atoms with Crippen molar-refractivity contribution in [1.82, 2.24) is 10.2 Å². The molecule has 5 heteroatoms. The fraction of sp³-hybridized carbons (Fsp3) is 0.529. The molecule has 1 unspecified atom stereocenters. The smallest absolute Gasteiger partial charge is 0.335 e. The Morgan fingerprint density at radius 1 is 1.23 bits per heavy atom. The monoisotopic (exact) mass is 304 g/mol. The van der Waals surface area contributed by atoms with Gasteiger partial charge in [-0.15, -0.1) is 0 Å². The van der Waals surface area contributed by atoms with Crippen LogP contribution in [0.3, 0.4) is 0 Å². The molecule has 1 aromatic rings. The summed E-state index contributed by atoms with van der Waals surface area (Å²) in [6, 6.07) is 6.95. The number of carbonyl (C=O) groups excluding carboxylic acids is 1. The van der Waals surface area contributed by atoms with Crippen molar-refractivity contribution in [2.45, 2.75) is 45.1 Å². The van der Waals surface area contributed by atoms with Crippen LogP contribution in [0.15, 0.2) is 24.3 Å². The first-order valence-electron chi connectivity index (χ1n) is 7.66. The predicted molar refractivity (Wildman–Crippen MR) is 85.2 cm³/mol. The van der Waals surface area contributed by atoms with Crippen LogP contribution in [-0.4, -0.2) is 40.6 Å². The average Bonchev–Trinajstić information content (AvgIpc) is 2.46. The molecule has 5 nitrogen and oxygen atoms in total. The summed E-state index contributed by atoms with van der Waals surface area (Å²) in [5.41, 5.74) is 1.15. The molecule has 1 fully saturated rings. The topological polar surface area (TPSA) is 69.6 Å². The molecule has 0 spiro atoms. The van der Waals surface area contributed by atoms with Gasteiger partial charge in [0, 0.05) is 24.5 Å². The van der Waals surface area contributed by atoms with Gasteiger partial charge in [0.2, 0.25) is 0 Å². The van der Waals surface area contributed by atoms with Crippen molar-refractivity contribution >= 4 is 12.0 Å². The quantitative estimate of drug-likeness (QED) is 0.882. The average molecular weight is 304 g/mol. The summed E-state index contributed by atoms with van der Waals surface area (Å²) < 4.78 is 0. The van der Waals surface area contributed by atoms with Crippen molar-refractivity contribution in [3.8, 4) is 0 Å². The zero-order valence-electron chi connectivity index (χ0n) is 13.4. The molecule has 0 aromatic heterocycles. The molecule has 120 valence electrons. The number of hydrogen-bond acceptors (Lipinski definition) is 2. The first-order chi connectivity index (χ1) is 10.3. The van der Waals surface area contributed by atoms with Crippen molar-refractivity contribution < 1.29 is 14.7 Å². The molecule has 1 saturated heterocycles. The number of carboxylic acid groups (broad SMARTS) is 1. The maximum atomic E-state index is 12.3. The van der Waals surface area contributed by atoms with E-state index in [-0.39, 0.29) is 17.5 Å². The van der Waals surface area contributed by atoms with Crippen LogP contribution < -0.4 is 5.32 Å². The van der Waals surface area contributed by atoms with E-state index >= 15 is 0 Å². The van der Waals surface area contributed by atoms with E-state index in [4.69, 9.17) is 5.11 Å². The first kappa shape index (κ1) is 16.3. The van der Waals surface area contributed by atoms with E-state index < -0.39 is 5.97 Å². The zero-order chi connectivity index (χ0) is 16.3. The lowest BCUT2D eigenvalue weighted by Crippen LogP contribution is -2.51. The Hall–Kier alpha value is -2.04. The largest absolute Gasteiger partial charge is 0.478 e. The number of benzene rings is 1. The molecule has 22 heavy (non-hydrogen) atoms. The van der Waals surface area contributed by atoms with Crippen LogP contribution in [0.1, 0.15) is 55.5 Å². The van der Waals surface area contributed by atoms with Gasteiger partial charge in [0.1, 0.15) is 0 Å². The number of carbonyl (C=O) groups is 2. The van der Waals surface area contributed by atoms with E-state index in [1.165, 1.54) is 0 Å². The number of carboxylic acids is 1. The van der Waals surface area contributed by atoms with Crippen molar-refractivity contribution in [2.75, 3.05) is 13.1 Å².